The molecule has 17 heavy (non-hydrogen) atoms. The SMILES string of the molecule is CC1CCCCC1N(C)C(=O)C(N)C(C)(C)C. The van der Waals surface area contributed by atoms with E-state index in [2.05, 4.69) is 6.92 Å². The van der Waals surface area contributed by atoms with Gasteiger partial charge in [-0.05, 0) is 24.2 Å². The van der Waals surface area contributed by atoms with Gasteiger partial charge in [0.1, 0.15) is 0 Å². The van der Waals surface area contributed by atoms with Crippen LogP contribution in [0.4, 0.5) is 0 Å². The highest BCUT2D eigenvalue weighted by Gasteiger charge is 2.34. The largest absolute Gasteiger partial charge is 0.341 e. The summed E-state index contributed by atoms with van der Waals surface area (Å²) >= 11 is 0. The number of nitrogens with zero attached hydrogens (tertiary/aromatic N) is 1. The molecule has 0 aromatic rings. The molecule has 0 spiro atoms. The van der Waals surface area contributed by atoms with Crippen molar-refractivity contribution < 1.29 is 4.79 Å². The molecule has 100 valence electrons. The van der Waals surface area contributed by atoms with Gasteiger partial charge in [0.05, 0.1) is 6.04 Å². The molecule has 0 aliphatic heterocycles. The maximum absolute atomic E-state index is 12.3. The summed E-state index contributed by atoms with van der Waals surface area (Å²) in [6.07, 6.45) is 4.88. The summed E-state index contributed by atoms with van der Waals surface area (Å²) in [6, 6.07) is -0.0220. The Morgan fingerprint density at radius 2 is 1.82 bits per heavy atom. The van der Waals surface area contributed by atoms with Crippen molar-refractivity contribution >= 4 is 5.91 Å². The van der Waals surface area contributed by atoms with Crippen LogP contribution in [0.2, 0.25) is 0 Å². The van der Waals surface area contributed by atoms with E-state index in [1.54, 1.807) is 0 Å². The molecule has 3 unspecified atom stereocenters. The third kappa shape index (κ3) is 3.44. The Hall–Kier alpha value is -0.570. The second kappa shape index (κ2) is 5.38. The average molecular weight is 240 g/mol. The Labute approximate surface area is 106 Å². The van der Waals surface area contributed by atoms with Gasteiger partial charge in [-0.1, -0.05) is 40.5 Å². The van der Waals surface area contributed by atoms with Crippen LogP contribution in [0.25, 0.3) is 0 Å². The quantitative estimate of drug-likeness (QED) is 0.805. The van der Waals surface area contributed by atoms with Crippen LogP contribution in [0.5, 0.6) is 0 Å². The van der Waals surface area contributed by atoms with E-state index in [4.69, 9.17) is 5.73 Å². The van der Waals surface area contributed by atoms with E-state index in [0.717, 1.165) is 6.42 Å². The molecule has 1 saturated carbocycles. The molecule has 0 saturated heterocycles. The summed E-state index contributed by atoms with van der Waals surface area (Å²) in [6.45, 7) is 8.31. The van der Waals surface area contributed by atoms with Crippen LogP contribution in [0.15, 0.2) is 0 Å². The molecule has 0 aromatic carbocycles. The fourth-order valence-corrected chi connectivity index (χ4v) is 2.63. The number of carbonyl (C=O) groups excluding carboxylic acids is 1. The number of nitrogens with two attached hydrogens (primary N) is 1. The van der Waals surface area contributed by atoms with Gasteiger partial charge in [-0.2, -0.15) is 0 Å². The van der Waals surface area contributed by atoms with Crippen molar-refractivity contribution in [2.24, 2.45) is 17.1 Å². The zero-order valence-electron chi connectivity index (χ0n) is 12.0. The number of amides is 1. The van der Waals surface area contributed by atoms with Gasteiger partial charge in [-0.25, -0.2) is 0 Å². The molecule has 3 nitrogen and oxygen atoms in total. The lowest BCUT2D eigenvalue weighted by Gasteiger charge is -2.39. The highest BCUT2D eigenvalue weighted by atomic mass is 16.2. The Morgan fingerprint density at radius 1 is 1.29 bits per heavy atom. The summed E-state index contributed by atoms with van der Waals surface area (Å²) in [5.74, 6) is 0.695. The maximum atomic E-state index is 12.3. The monoisotopic (exact) mass is 240 g/mol. The van der Waals surface area contributed by atoms with Crippen molar-refractivity contribution in [3.63, 3.8) is 0 Å². The van der Waals surface area contributed by atoms with E-state index in [1.807, 2.05) is 32.7 Å². The van der Waals surface area contributed by atoms with Gasteiger partial charge in [-0.15, -0.1) is 0 Å². The van der Waals surface area contributed by atoms with Gasteiger partial charge in [-0.3, -0.25) is 4.79 Å². The first kappa shape index (κ1) is 14.5. The smallest absolute Gasteiger partial charge is 0.240 e. The summed E-state index contributed by atoms with van der Waals surface area (Å²) in [7, 11) is 1.92. The molecule has 0 heterocycles. The fraction of sp³-hybridized carbons (Fsp3) is 0.929. The van der Waals surface area contributed by atoms with Gasteiger partial charge in [0.15, 0.2) is 0 Å². The summed E-state index contributed by atoms with van der Waals surface area (Å²) in [4.78, 5) is 14.2. The minimum absolute atomic E-state index is 0.0938. The zero-order valence-corrected chi connectivity index (χ0v) is 12.0. The second-order valence-corrected chi connectivity index (χ2v) is 6.62. The van der Waals surface area contributed by atoms with Crippen molar-refractivity contribution in [2.75, 3.05) is 7.05 Å². The third-order valence-corrected chi connectivity index (χ3v) is 4.11. The van der Waals surface area contributed by atoms with Crippen molar-refractivity contribution in [2.45, 2.75) is 65.5 Å². The predicted molar refractivity (Wildman–Crippen MR) is 71.6 cm³/mol. The van der Waals surface area contributed by atoms with E-state index in [9.17, 15) is 4.79 Å². The first-order chi connectivity index (χ1) is 7.75. The van der Waals surface area contributed by atoms with E-state index < -0.39 is 6.04 Å². The van der Waals surface area contributed by atoms with Crippen LogP contribution in [0, 0.1) is 11.3 Å². The van der Waals surface area contributed by atoms with Gasteiger partial charge in [0, 0.05) is 13.1 Å². The summed E-state index contributed by atoms with van der Waals surface area (Å²) in [5.41, 5.74) is 5.89. The van der Waals surface area contributed by atoms with Crippen molar-refractivity contribution in [3.05, 3.63) is 0 Å². The predicted octanol–water partition coefficient (Wildman–Crippen LogP) is 2.40. The van der Waals surface area contributed by atoms with E-state index in [1.165, 1.54) is 19.3 Å². The normalized spacial score (nSPS) is 27.6. The average Bonchev–Trinajstić information content (AvgIpc) is 2.25. The lowest BCUT2D eigenvalue weighted by molar-refractivity contribution is -0.137. The maximum Gasteiger partial charge on any atom is 0.240 e. The van der Waals surface area contributed by atoms with Gasteiger partial charge < -0.3 is 10.6 Å². The molecule has 1 rings (SSSR count). The second-order valence-electron chi connectivity index (χ2n) is 6.62. The first-order valence-electron chi connectivity index (χ1n) is 6.77. The minimum atomic E-state index is -0.401. The van der Waals surface area contributed by atoms with Crippen LogP contribution in [0.3, 0.4) is 0 Å². The van der Waals surface area contributed by atoms with Crippen molar-refractivity contribution in [3.8, 4) is 0 Å². The molecule has 2 N–H and O–H groups in total. The molecule has 0 bridgehead atoms. The Balaban J connectivity index is 2.68. The molecule has 3 atom stereocenters. The molecule has 1 aliphatic carbocycles. The van der Waals surface area contributed by atoms with Crippen LogP contribution in [0.1, 0.15) is 53.4 Å². The molecule has 1 amide bonds. The molecule has 0 radical (unpaired) electrons. The van der Waals surface area contributed by atoms with Gasteiger partial charge in [0.25, 0.3) is 0 Å². The summed E-state index contributed by atoms with van der Waals surface area (Å²) < 4.78 is 0. The summed E-state index contributed by atoms with van der Waals surface area (Å²) in [5, 5.41) is 0. The first-order valence-corrected chi connectivity index (χ1v) is 6.77. The number of likely N-dealkylation sites (N-methyl/N-ethyl adjacent to an activating group) is 1. The highest BCUT2D eigenvalue weighted by molar-refractivity contribution is 5.82. The van der Waals surface area contributed by atoms with Crippen molar-refractivity contribution in [1.29, 1.82) is 0 Å². The van der Waals surface area contributed by atoms with Crippen LogP contribution in [-0.4, -0.2) is 29.9 Å². The fourth-order valence-electron chi connectivity index (χ4n) is 2.63. The zero-order chi connectivity index (χ0) is 13.2. The number of rotatable bonds is 2. The minimum Gasteiger partial charge on any atom is -0.341 e. The Kier molecular flexibility index (Phi) is 4.59. The molecule has 0 aromatic heterocycles. The lowest BCUT2D eigenvalue weighted by Crippen LogP contribution is -2.53. The van der Waals surface area contributed by atoms with Crippen LogP contribution in [-0.2, 0) is 4.79 Å². The van der Waals surface area contributed by atoms with Crippen LogP contribution < -0.4 is 5.73 Å². The number of hydrogen-bond acceptors (Lipinski definition) is 2. The third-order valence-electron chi connectivity index (χ3n) is 4.11. The van der Waals surface area contributed by atoms with Crippen molar-refractivity contribution in [1.82, 2.24) is 4.90 Å². The molecular formula is C14H28N2O. The van der Waals surface area contributed by atoms with E-state index in [-0.39, 0.29) is 11.3 Å². The van der Waals surface area contributed by atoms with Gasteiger partial charge in [0.2, 0.25) is 5.91 Å². The molecule has 3 heteroatoms. The molecule has 1 fully saturated rings. The lowest BCUT2D eigenvalue weighted by atomic mass is 9.83. The Bertz CT molecular complexity index is 270. The molecular weight excluding hydrogens is 212 g/mol. The number of hydrogen-bond donors (Lipinski definition) is 1. The van der Waals surface area contributed by atoms with Crippen LogP contribution >= 0.6 is 0 Å². The van der Waals surface area contributed by atoms with Gasteiger partial charge >= 0.3 is 0 Å². The molecule has 1 aliphatic rings. The van der Waals surface area contributed by atoms with E-state index in [0.29, 0.717) is 12.0 Å². The van der Waals surface area contributed by atoms with E-state index >= 15 is 0 Å². The topological polar surface area (TPSA) is 46.3 Å². The highest BCUT2D eigenvalue weighted by Crippen LogP contribution is 2.29. The number of carbonyl (C=O) groups is 1. The Morgan fingerprint density at radius 3 is 2.29 bits per heavy atom. The standard InChI is InChI=1S/C14H28N2O/c1-10-8-6-7-9-11(10)16(5)13(17)12(15)14(2,3)4/h10-12H,6-9,15H2,1-5H3.